The highest BCUT2D eigenvalue weighted by atomic mass is 35.5. The zero-order valence-corrected chi connectivity index (χ0v) is 19.4. The first kappa shape index (κ1) is 22.7. The molecule has 0 aliphatic carbocycles. The number of anilines is 2. The van der Waals surface area contributed by atoms with Crippen LogP contribution >= 0.6 is 23.4 Å². The molecule has 33 heavy (non-hydrogen) atoms. The number of hydrogen-bond donors (Lipinski definition) is 1. The van der Waals surface area contributed by atoms with E-state index < -0.39 is 11.2 Å². The molecule has 0 radical (unpaired) electrons. The van der Waals surface area contributed by atoms with Crippen molar-refractivity contribution in [1.29, 1.82) is 5.26 Å². The van der Waals surface area contributed by atoms with E-state index in [0.29, 0.717) is 27.8 Å². The molecule has 5 nitrogen and oxygen atoms in total. The number of amides is 2. The molecule has 4 rings (SSSR count). The van der Waals surface area contributed by atoms with E-state index in [1.807, 2.05) is 55.5 Å². The van der Waals surface area contributed by atoms with Crippen LogP contribution in [0.4, 0.5) is 11.4 Å². The number of rotatable bonds is 5. The van der Waals surface area contributed by atoms with Crippen LogP contribution in [0.25, 0.3) is 0 Å². The summed E-state index contributed by atoms with van der Waals surface area (Å²) < 4.78 is 0. The molecule has 3 aromatic carbocycles. The molecule has 0 saturated carbocycles. The minimum absolute atomic E-state index is 0.112. The van der Waals surface area contributed by atoms with Gasteiger partial charge in [-0.15, -0.1) is 0 Å². The molecule has 1 fully saturated rings. The quantitative estimate of drug-likeness (QED) is 0.380. The number of nitriles is 1. The lowest BCUT2D eigenvalue weighted by atomic mass is 10.1. The molecule has 1 heterocycles. The molecule has 1 saturated heterocycles. The first-order valence-electron chi connectivity index (χ1n) is 10.3. The monoisotopic (exact) mass is 473 g/mol. The Kier molecular flexibility index (Phi) is 6.83. The summed E-state index contributed by atoms with van der Waals surface area (Å²) in [7, 11) is 0. The van der Waals surface area contributed by atoms with Gasteiger partial charge in [0, 0.05) is 16.4 Å². The third-order valence-corrected chi connectivity index (χ3v) is 6.68. The van der Waals surface area contributed by atoms with E-state index in [0.717, 1.165) is 11.1 Å². The summed E-state index contributed by atoms with van der Waals surface area (Å²) >= 11 is 7.16. The van der Waals surface area contributed by atoms with Gasteiger partial charge < -0.3 is 5.32 Å². The Morgan fingerprint density at radius 3 is 2.36 bits per heavy atom. The molecule has 1 unspecified atom stereocenters. The Bertz CT molecular complexity index is 1250. The van der Waals surface area contributed by atoms with Crippen molar-refractivity contribution >= 4 is 46.6 Å². The fourth-order valence-electron chi connectivity index (χ4n) is 3.46. The highest BCUT2D eigenvalue weighted by Gasteiger charge is 2.40. The van der Waals surface area contributed by atoms with E-state index in [1.165, 1.54) is 16.7 Å². The van der Waals surface area contributed by atoms with Crippen molar-refractivity contribution in [3.05, 3.63) is 106 Å². The fourth-order valence-corrected chi connectivity index (χ4v) is 4.90. The zero-order valence-electron chi connectivity index (χ0n) is 17.8. The van der Waals surface area contributed by atoms with Gasteiger partial charge in [0.1, 0.15) is 16.7 Å². The van der Waals surface area contributed by atoms with Crippen molar-refractivity contribution in [2.24, 2.45) is 0 Å². The number of hydrogen-bond acceptors (Lipinski definition) is 4. The van der Waals surface area contributed by atoms with Crippen molar-refractivity contribution in [2.45, 2.75) is 18.6 Å². The van der Waals surface area contributed by atoms with Crippen molar-refractivity contribution in [3.63, 3.8) is 0 Å². The van der Waals surface area contributed by atoms with Gasteiger partial charge in [-0.1, -0.05) is 71.4 Å². The molecule has 0 spiro atoms. The van der Waals surface area contributed by atoms with Gasteiger partial charge in [0.2, 0.25) is 5.91 Å². The molecule has 0 aromatic heterocycles. The fraction of sp³-hybridized carbons (Fsp3) is 0.115. The molecule has 1 N–H and O–H groups in total. The van der Waals surface area contributed by atoms with Crippen molar-refractivity contribution in [3.8, 4) is 6.07 Å². The van der Waals surface area contributed by atoms with Crippen LogP contribution < -0.4 is 10.2 Å². The lowest BCUT2D eigenvalue weighted by Gasteiger charge is -2.18. The summed E-state index contributed by atoms with van der Waals surface area (Å²) in [6.45, 7) is 2.01. The average Bonchev–Trinajstić information content (AvgIpc) is 3.13. The summed E-state index contributed by atoms with van der Waals surface area (Å²) in [5, 5.41) is 13.0. The number of carbonyl (C=O) groups excluding carboxylic acids is 2. The molecule has 1 aliphatic heterocycles. The van der Waals surface area contributed by atoms with Crippen LogP contribution in [-0.4, -0.2) is 17.1 Å². The van der Waals surface area contributed by atoms with E-state index in [2.05, 4.69) is 5.32 Å². The first-order valence-corrected chi connectivity index (χ1v) is 11.5. The number of benzene rings is 3. The molecule has 2 amide bonds. The second-order valence-corrected chi connectivity index (χ2v) is 9.19. The lowest BCUT2D eigenvalue weighted by Crippen LogP contribution is -2.30. The zero-order chi connectivity index (χ0) is 23.4. The molecule has 3 aromatic rings. The predicted octanol–water partition coefficient (Wildman–Crippen LogP) is 5.71. The summed E-state index contributed by atoms with van der Waals surface area (Å²) in [4.78, 5) is 27.9. The number of carbonyl (C=O) groups is 2. The number of nitrogens with one attached hydrogen (secondary N) is 1. The van der Waals surface area contributed by atoms with Crippen molar-refractivity contribution in [1.82, 2.24) is 0 Å². The minimum atomic E-state index is -0.577. The minimum Gasteiger partial charge on any atom is -0.321 e. The van der Waals surface area contributed by atoms with Gasteiger partial charge in [-0.2, -0.15) is 5.26 Å². The first-order chi connectivity index (χ1) is 16.0. The normalized spacial score (nSPS) is 16.9. The maximum atomic E-state index is 13.4. The van der Waals surface area contributed by atoms with Gasteiger partial charge in [-0.25, -0.2) is 0 Å². The Morgan fingerprint density at radius 2 is 1.73 bits per heavy atom. The van der Waals surface area contributed by atoms with Gasteiger partial charge in [0.25, 0.3) is 5.91 Å². The van der Waals surface area contributed by atoms with Gasteiger partial charge in [-0.3, -0.25) is 14.5 Å². The summed E-state index contributed by atoms with van der Waals surface area (Å²) in [6, 6.07) is 25.7. The summed E-state index contributed by atoms with van der Waals surface area (Å²) in [5.41, 5.74) is 3.17. The largest absolute Gasteiger partial charge is 0.321 e. The second-order valence-electron chi connectivity index (χ2n) is 7.56. The van der Waals surface area contributed by atoms with Crippen LogP contribution in [0, 0.1) is 18.3 Å². The number of para-hydroxylation sites is 1. The van der Waals surface area contributed by atoms with Crippen LogP contribution in [0.5, 0.6) is 0 Å². The molecule has 164 valence electrons. The Balaban J connectivity index is 1.70. The number of aryl methyl sites for hydroxylation is 1. The highest BCUT2D eigenvalue weighted by molar-refractivity contribution is 8.05. The van der Waals surface area contributed by atoms with E-state index in [4.69, 9.17) is 11.6 Å². The third kappa shape index (κ3) is 5.11. The van der Waals surface area contributed by atoms with Crippen LogP contribution in [0.1, 0.15) is 11.1 Å². The molecular formula is C26H20ClN3O2S. The van der Waals surface area contributed by atoms with Crippen LogP contribution in [0.3, 0.4) is 0 Å². The topological polar surface area (TPSA) is 73.2 Å². The van der Waals surface area contributed by atoms with E-state index in [-0.39, 0.29) is 11.5 Å². The van der Waals surface area contributed by atoms with E-state index >= 15 is 0 Å². The molecular weight excluding hydrogens is 454 g/mol. The Hall–Kier alpha value is -3.53. The predicted molar refractivity (Wildman–Crippen MR) is 133 cm³/mol. The lowest BCUT2D eigenvalue weighted by molar-refractivity contribution is -0.117. The van der Waals surface area contributed by atoms with Gasteiger partial charge in [-0.05, 0) is 55.3 Å². The van der Waals surface area contributed by atoms with Gasteiger partial charge in [0.15, 0.2) is 0 Å². The average molecular weight is 474 g/mol. The molecule has 1 aliphatic rings. The van der Waals surface area contributed by atoms with Crippen LogP contribution in [0.15, 0.2) is 89.5 Å². The smallest absolute Gasteiger partial charge is 0.269 e. The second kappa shape index (κ2) is 9.95. The van der Waals surface area contributed by atoms with Crippen molar-refractivity contribution in [2.75, 3.05) is 10.2 Å². The Labute approximate surface area is 201 Å². The third-order valence-electron chi connectivity index (χ3n) is 5.16. The van der Waals surface area contributed by atoms with E-state index in [9.17, 15) is 14.9 Å². The van der Waals surface area contributed by atoms with Gasteiger partial charge >= 0.3 is 0 Å². The summed E-state index contributed by atoms with van der Waals surface area (Å²) in [5.74, 6) is -0.735. The number of nitrogens with zero attached hydrogens (tertiary/aromatic N) is 2. The van der Waals surface area contributed by atoms with Crippen LogP contribution in [-0.2, 0) is 16.0 Å². The van der Waals surface area contributed by atoms with Gasteiger partial charge in [0.05, 0.1) is 5.25 Å². The van der Waals surface area contributed by atoms with Crippen molar-refractivity contribution < 1.29 is 9.59 Å². The standard InChI is InChI=1S/C26H20ClN3O2S/c1-17-7-9-18(10-8-17)15-23-25(32)30(21-5-3-2-4-6-21)26(33-23)22(16-28)24(31)29-20-13-11-19(27)12-14-20/h2-14,23H,15H2,1H3,(H,29,31)/b26-22-. The Morgan fingerprint density at radius 1 is 1.06 bits per heavy atom. The maximum Gasteiger partial charge on any atom is 0.269 e. The maximum absolute atomic E-state index is 13.4. The summed E-state index contributed by atoms with van der Waals surface area (Å²) in [6.07, 6.45) is 0.494. The molecule has 0 bridgehead atoms. The van der Waals surface area contributed by atoms with Crippen LogP contribution in [0.2, 0.25) is 5.02 Å². The number of halogens is 1. The highest BCUT2D eigenvalue weighted by Crippen LogP contribution is 2.42. The SMILES string of the molecule is Cc1ccc(CC2S/C(=C(/C#N)C(=O)Nc3ccc(Cl)cc3)N(c3ccccc3)C2=O)cc1. The molecule has 1 atom stereocenters. The van der Waals surface area contributed by atoms with E-state index in [1.54, 1.807) is 36.4 Å². The molecule has 7 heteroatoms. The number of thioether (sulfide) groups is 1.